The average molecular weight is 330 g/mol. The summed E-state index contributed by atoms with van der Waals surface area (Å²) in [6, 6.07) is 11.8. The van der Waals surface area contributed by atoms with Crippen molar-refractivity contribution in [1.29, 1.82) is 0 Å². The van der Waals surface area contributed by atoms with Crippen molar-refractivity contribution in [2.24, 2.45) is 0 Å². The predicted molar refractivity (Wildman–Crippen MR) is 94.5 cm³/mol. The van der Waals surface area contributed by atoms with Gasteiger partial charge >= 0.3 is 6.03 Å². The molecule has 0 bridgehead atoms. The summed E-state index contributed by atoms with van der Waals surface area (Å²) in [6.07, 6.45) is 2.06. The summed E-state index contributed by atoms with van der Waals surface area (Å²) in [4.78, 5) is 15.8. The molecule has 1 fully saturated rings. The number of amides is 2. The number of carbonyl (C=O) groups excluding carboxylic acids is 1. The van der Waals surface area contributed by atoms with Gasteiger partial charge in [-0.3, -0.25) is 0 Å². The molecule has 0 aliphatic carbocycles. The molecule has 1 aromatic heterocycles. The SMILES string of the molecule is CCOc1ccccc1NC(=O)N1CCC(c2cccs2)CC1. The molecule has 3 rings (SSSR count). The lowest BCUT2D eigenvalue weighted by Gasteiger charge is -2.31. The first-order chi connectivity index (χ1) is 11.3. The summed E-state index contributed by atoms with van der Waals surface area (Å²) >= 11 is 1.81. The Morgan fingerprint density at radius 1 is 1.26 bits per heavy atom. The van der Waals surface area contributed by atoms with Crippen LogP contribution in [0, 0.1) is 0 Å². The van der Waals surface area contributed by atoms with E-state index in [1.807, 2.05) is 47.4 Å². The molecule has 1 aliphatic rings. The number of nitrogens with one attached hydrogen (secondary N) is 1. The number of hydrogen-bond acceptors (Lipinski definition) is 3. The number of thiophene rings is 1. The predicted octanol–water partition coefficient (Wildman–Crippen LogP) is 4.56. The van der Waals surface area contributed by atoms with Gasteiger partial charge < -0.3 is 15.0 Å². The highest BCUT2D eigenvalue weighted by molar-refractivity contribution is 7.10. The summed E-state index contributed by atoms with van der Waals surface area (Å²) < 4.78 is 5.56. The molecule has 4 nitrogen and oxygen atoms in total. The fourth-order valence-corrected chi connectivity index (χ4v) is 3.84. The first kappa shape index (κ1) is 15.9. The van der Waals surface area contributed by atoms with Gasteiger partial charge in [-0.05, 0) is 49.3 Å². The molecule has 2 amide bonds. The van der Waals surface area contributed by atoms with E-state index in [2.05, 4.69) is 22.8 Å². The molecule has 23 heavy (non-hydrogen) atoms. The number of nitrogens with zero attached hydrogens (tertiary/aromatic N) is 1. The molecule has 1 aromatic carbocycles. The zero-order valence-electron chi connectivity index (χ0n) is 13.3. The minimum atomic E-state index is -0.0400. The number of rotatable bonds is 4. The normalized spacial score (nSPS) is 15.4. The second kappa shape index (κ2) is 7.51. The third-order valence-corrected chi connectivity index (χ3v) is 5.19. The lowest BCUT2D eigenvalue weighted by atomic mass is 9.95. The van der Waals surface area contributed by atoms with Gasteiger partial charge in [0, 0.05) is 18.0 Å². The number of likely N-dealkylation sites (tertiary alicyclic amines) is 1. The number of ether oxygens (including phenoxy) is 1. The molecule has 0 atom stereocenters. The Kier molecular flexibility index (Phi) is 5.18. The highest BCUT2D eigenvalue weighted by Gasteiger charge is 2.24. The molecule has 0 unspecified atom stereocenters. The molecular formula is C18H22N2O2S. The Bertz CT molecular complexity index is 634. The maximum absolute atomic E-state index is 12.5. The van der Waals surface area contributed by atoms with E-state index in [1.54, 1.807) is 0 Å². The third-order valence-electron chi connectivity index (χ3n) is 4.16. The Labute approximate surface area is 141 Å². The number of anilines is 1. The average Bonchev–Trinajstić information content (AvgIpc) is 3.11. The van der Waals surface area contributed by atoms with E-state index in [-0.39, 0.29) is 6.03 Å². The van der Waals surface area contributed by atoms with Gasteiger partial charge in [-0.1, -0.05) is 18.2 Å². The molecule has 5 heteroatoms. The lowest BCUT2D eigenvalue weighted by Crippen LogP contribution is -2.40. The maximum Gasteiger partial charge on any atom is 0.321 e. The standard InChI is InChI=1S/C18H22N2O2S/c1-2-22-16-7-4-3-6-15(16)19-18(21)20-11-9-14(10-12-20)17-8-5-13-23-17/h3-8,13-14H,2,9-12H2,1H3,(H,19,21). The molecular weight excluding hydrogens is 308 g/mol. The van der Waals surface area contributed by atoms with Crippen molar-refractivity contribution in [3.05, 3.63) is 46.7 Å². The van der Waals surface area contributed by atoms with Crippen LogP contribution < -0.4 is 10.1 Å². The number of benzene rings is 1. The van der Waals surface area contributed by atoms with E-state index in [4.69, 9.17) is 4.74 Å². The molecule has 2 heterocycles. The van der Waals surface area contributed by atoms with Crippen molar-refractivity contribution < 1.29 is 9.53 Å². The number of hydrogen-bond donors (Lipinski definition) is 1. The summed E-state index contributed by atoms with van der Waals surface area (Å²) in [5, 5.41) is 5.10. The zero-order valence-corrected chi connectivity index (χ0v) is 14.1. The molecule has 1 N–H and O–H groups in total. The van der Waals surface area contributed by atoms with Crippen LogP contribution in [0.1, 0.15) is 30.6 Å². The Balaban J connectivity index is 1.58. The fourth-order valence-electron chi connectivity index (χ4n) is 2.94. The molecule has 1 saturated heterocycles. The number of piperidine rings is 1. The first-order valence-corrected chi connectivity index (χ1v) is 8.97. The second-order valence-corrected chi connectivity index (χ2v) is 6.62. The van der Waals surface area contributed by atoms with Gasteiger partial charge in [0.1, 0.15) is 5.75 Å². The molecule has 0 saturated carbocycles. The molecule has 0 radical (unpaired) electrons. The van der Waals surface area contributed by atoms with Crippen molar-refractivity contribution in [3.8, 4) is 5.75 Å². The molecule has 2 aromatic rings. The topological polar surface area (TPSA) is 41.6 Å². The van der Waals surface area contributed by atoms with E-state index in [0.717, 1.165) is 37.4 Å². The third kappa shape index (κ3) is 3.85. The monoisotopic (exact) mass is 330 g/mol. The first-order valence-electron chi connectivity index (χ1n) is 8.09. The quantitative estimate of drug-likeness (QED) is 0.893. The lowest BCUT2D eigenvalue weighted by molar-refractivity contribution is 0.195. The molecule has 122 valence electrons. The van der Waals surface area contributed by atoms with Gasteiger partial charge in [0.25, 0.3) is 0 Å². The van der Waals surface area contributed by atoms with Gasteiger partial charge in [0.2, 0.25) is 0 Å². The number of para-hydroxylation sites is 2. The van der Waals surface area contributed by atoms with Crippen LogP contribution in [0.2, 0.25) is 0 Å². The fraction of sp³-hybridized carbons (Fsp3) is 0.389. The van der Waals surface area contributed by atoms with Crippen molar-refractivity contribution in [2.45, 2.75) is 25.7 Å². The van der Waals surface area contributed by atoms with Gasteiger partial charge in [0.05, 0.1) is 12.3 Å². The van der Waals surface area contributed by atoms with Crippen LogP contribution in [0.25, 0.3) is 0 Å². The Hall–Kier alpha value is -2.01. The smallest absolute Gasteiger partial charge is 0.321 e. The largest absolute Gasteiger partial charge is 0.492 e. The summed E-state index contributed by atoms with van der Waals surface area (Å²) in [7, 11) is 0. The van der Waals surface area contributed by atoms with Crippen molar-refractivity contribution in [3.63, 3.8) is 0 Å². The minimum absolute atomic E-state index is 0.0400. The highest BCUT2D eigenvalue weighted by atomic mass is 32.1. The summed E-state index contributed by atoms with van der Waals surface area (Å²) in [6.45, 7) is 4.11. The summed E-state index contributed by atoms with van der Waals surface area (Å²) in [5.74, 6) is 1.31. The number of carbonyl (C=O) groups is 1. The zero-order chi connectivity index (χ0) is 16.1. The van der Waals surface area contributed by atoms with Gasteiger partial charge in [0.15, 0.2) is 0 Å². The van der Waals surface area contributed by atoms with Crippen molar-refractivity contribution in [2.75, 3.05) is 25.0 Å². The number of urea groups is 1. The van der Waals surface area contributed by atoms with E-state index in [0.29, 0.717) is 12.5 Å². The van der Waals surface area contributed by atoms with Crippen LogP contribution in [0.3, 0.4) is 0 Å². The van der Waals surface area contributed by atoms with Crippen LogP contribution in [0.15, 0.2) is 41.8 Å². The molecule has 1 aliphatic heterocycles. The summed E-state index contributed by atoms with van der Waals surface area (Å²) in [5.41, 5.74) is 0.736. The van der Waals surface area contributed by atoms with Crippen LogP contribution in [0.5, 0.6) is 5.75 Å². The van der Waals surface area contributed by atoms with Crippen molar-refractivity contribution >= 4 is 23.1 Å². The Morgan fingerprint density at radius 2 is 2.04 bits per heavy atom. The molecule has 0 spiro atoms. The van der Waals surface area contributed by atoms with Crippen LogP contribution in [-0.4, -0.2) is 30.6 Å². The van der Waals surface area contributed by atoms with E-state index >= 15 is 0 Å². The maximum atomic E-state index is 12.5. The minimum Gasteiger partial charge on any atom is -0.492 e. The Morgan fingerprint density at radius 3 is 2.74 bits per heavy atom. The van der Waals surface area contributed by atoms with E-state index in [1.165, 1.54) is 4.88 Å². The van der Waals surface area contributed by atoms with Crippen LogP contribution in [-0.2, 0) is 0 Å². The van der Waals surface area contributed by atoms with Crippen LogP contribution in [0.4, 0.5) is 10.5 Å². The van der Waals surface area contributed by atoms with Gasteiger partial charge in [-0.2, -0.15) is 0 Å². The van der Waals surface area contributed by atoms with Gasteiger partial charge in [-0.15, -0.1) is 11.3 Å². The van der Waals surface area contributed by atoms with Crippen LogP contribution >= 0.6 is 11.3 Å². The van der Waals surface area contributed by atoms with Gasteiger partial charge in [-0.25, -0.2) is 4.79 Å². The highest BCUT2D eigenvalue weighted by Crippen LogP contribution is 2.31. The van der Waals surface area contributed by atoms with E-state index in [9.17, 15) is 4.79 Å². The van der Waals surface area contributed by atoms with E-state index < -0.39 is 0 Å². The van der Waals surface area contributed by atoms with Crippen molar-refractivity contribution in [1.82, 2.24) is 4.90 Å². The second-order valence-electron chi connectivity index (χ2n) is 5.64.